The van der Waals surface area contributed by atoms with Crippen molar-refractivity contribution in [2.45, 2.75) is 19.3 Å². The van der Waals surface area contributed by atoms with Crippen molar-refractivity contribution in [3.63, 3.8) is 0 Å². The highest BCUT2D eigenvalue weighted by Gasteiger charge is 2.45. The zero-order valence-electron chi connectivity index (χ0n) is 9.85. The molecule has 3 heterocycles. The molecule has 4 heteroatoms. The predicted molar refractivity (Wildman–Crippen MR) is 65.7 cm³/mol. The van der Waals surface area contributed by atoms with E-state index in [1.165, 1.54) is 0 Å². The Morgan fingerprint density at radius 1 is 1.35 bits per heavy atom. The van der Waals surface area contributed by atoms with Crippen LogP contribution in [0.3, 0.4) is 0 Å². The number of hydrogen-bond acceptors (Lipinski definition) is 3. The van der Waals surface area contributed by atoms with E-state index in [1.807, 2.05) is 24.4 Å². The molecule has 1 aromatic heterocycles. The normalized spacial score (nSPS) is 28.5. The molecule has 1 amide bonds. The van der Waals surface area contributed by atoms with Crippen molar-refractivity contribution in [1.29, 1.82) is 0 Å². The van der Waals surface area contributed by atoms with Gasteiger partial charge in [0, 0.05) is 25.8 Å². The molecule has 1 aromatic rings. The fourth-order valence-corrected chi connectivity index (χ4v) is 2.97. The first-order chi connectivity index (χ1) is 8.30. The van der Waals surface area contributed by atoms with Gasteiger partial charge in [0.05, 0.1) is 5.41 Å². The van der Waals surface area contributed by atoms with Gasteiger partial charge in [-0.15, -0.1) is 0 Å². The lowest BCUT2D eigenvalue weighted by atomic mass is 9.78. The fraction of sp³-hybridized carbons (Fsp3) is 0.538. The molecule has 2 saturated heterocycles. The Kier molecular flexibility index (Phi) is 2.50. The quantitative estimate of drug-likeness (QED) is 0.789. The van der Waals surface area contributed by atoms with Crippen LogP contribution in [0.2, 0.25) is 0 Å². The van der Waals surface area contributed by atoms with Gasteiger partial charge in [-0.1, -0.05) is 6.07 Å². The Labute approximate surface area is 101 Å². The van der Waals surface area contributed by atoms with E-state index in [4.69, 9.17) is 0 Å². The number of hydrogen-bond donors (Lipinski definition) is 1. The van der Waals surface area contributed by atoms with Crippen LogP contribution < -0.4 is 10.2 Å². The van der Waals surface area contributed by atoms with Gasteiger partial charge in [-0.2, -0.15) is 0 Å². The minimum atomic E-state index is -0.157. The molecule has 0 bridgehead atoms. The molecule has 0 saturated carbocycles. The number of pyridine rings is 1. The Bertz CT molecular complexity index is 420. The third-order valence-electron chi connectivity index (χ3n) is 3.92. The standard InChI is InChI=1S/C13H17N3O/c17-12-13(6-8-15-12)5-3-9-16(10-13)11-4-1-2-7-14-11/h1-2,4,7H,3,5-6,8-10H2,(H,15,17). The summed E-state index contributed by atoms with van der Waals surface area (Å²) < 4.78 is 0. The summed E-state index contributed by atoms with van der Waals surface area (Å²) in [5.74, 6) is 1.23. The van der Waals surface area contributed by atoms with E-state index in [0.29, 0.717) is 0 Å². The Morgan fingerprint density at radius 2 is 2.29 bits per heavy atom. The Balaban J connectivity index is 1.83. The highest BCUT2D eigenvalue weighted by atomic mass is 16.2. The predicted octanol–water partition coefficient (Wildman–Crippen LogP) is 1.19. The summed E-state index contributed by atoms with van der Waals surface area (Å²) in [5, 5.41) is 2.97. The molecule has 90 valence electrons. The molecule has 2 aliphatic heterocycles. The number of piperidine rings is 1. The van der Waals surface area contributed by atoms with Crippen LogP contribution >= 0.6 is 0 Å². The van der Waals surface area contributed by atoms with Gasteiger partial charge in [-0.3, -0.25) is 4.79 Å². The Morgan fingerprint density at radius 3 is 3.00 bits per heavy atom. The van der Waals surface area contributed by atoms with E-state index >= 15 is 0 Å². The molecule has 1 N–H and O–H groups in total. The summed E-state index contributed by atoms with van der Waals surface area (Å²) in [7, 11) is 0. The number of rotatable bonds is 1. The van der Waals surface area contributed by atoms with E-state index in [1.54, 1.807) is 0 Å². The Hall–Kier alpha value is -1.58. The van der Waals surface area contributed by atoms with E-state index in [9.17, 15) is 4.79 Å². The van der Waals surface area contributed by atoms with Gasteiger partial charge in [0.25, 0.3) is 0 Å². The lowest BCUT2D eigenvalue weighted by molar-refractivity contribution is -0.128. The van der Waals surface area contributed by atoms with Crippen molar-refractivity contribution in [3.8, 4) is 0 Å². The van der Waals surface area contributed by atoms with Crippen LogP contribution in [-0.2, 0) is 4.79 Å². The number of anilines is 1. The molecule has 17 heavy (non-hydrogen) atoms. The third kappa shape index (κ3) is 1.77. The number of nitrogens with one attached hydrogen (secondary N) is 1. The molecule has 1 unspecified atom stereocenters. The first-order valence-corrected chi connectivity index (χ1v) is 6.24. The average Bonchev–Trinajstić information content (AvgIpc) is 2.72. The van der Waals surface area contributed by atoms with Gasteiger partial charge in [0.2, 0.25) is 5.91 Å². The number of carbonyl (C=O) groups excluding carboxylic acids is 1. The molecule has 1 atom stereocenters. The van der Waals surface area contributed by atoms with Crippen LogP contribution in [0, 0.1) is 5.41 Å². The summed E-state index contributed by atoms with van der Waals surface area (Å²) in [5.41, 5.74) is -0.157. The van der Waals surface area contributed by atoms with Crippen molar-refractivity contribution < 1.29 is 4.79 Å². The maximum atomic E-state index is 12.0. The molecule has 1 spiro atoms. The van der Waals surface area contributed by atoms with Gasteiger partial charge in [-0.05, 0) is 31.4 Å². The molecular formula is C13H17N3O. The number of carbonyl (C=O) groups is 1. The molecular weight excluding hydrogens is 214 g/mol. The number of nitrogens with zero attached hydrogens (tertiary/aromatic N) is 2. The maximum Gasteiger partial charge on any atom is 0.228 e. The maximum absolute atomic E-state index is 12.0. The molecule has 0 radical (unpaired) electrons. The fourth-order valence-electron chi connectivity index (χ4n) is 2.97. The van der Waals surface area contributed by atoms with E-state index in [0.717, 1.165) is 44.7 Å². The van der Waals surface area contributed by atoms with Crippen LogP contribution in [0.25, 0.3) is 0 Å². The SMILES string of the molecule is O=C1NCCC12CCCN(c1ccccn1)C2. The van der Waals surface area contributed by atoms with E-state index in [-0.39, 0.29) is 11.3 Å². The second-order valence-corrected chi connectivity index (χ2v) is 5.00. The number of amides is 1. The molecule has 0 aliphatic carbocycles. The molecule has 3 rings (SSSR count). The average molecular weight is 231 g/mol. The van der Waals surface area contributed by atoms with Gasteiger partial charge < -0.3 is 10.2 Å². The number of aromatic nitrogens is 1. The monoisotopic (exact) mass is 231 g/mol. The molecule has 4 nitrogen and oxygen atoms in total. The van der Waals surface area contributed by atoms with Crippen molar-refractivity contribution in [2.24, 2.45) is 5.41 Å². The first kappa shape index (κ1) is 10.6. The summed E-state index contributed by atoms with van der Waals surface area (Å²) in [6.45, 7) is 2.65. The van der Waals surface area contributed by atoms with Crippen LogP contribution in [0.1, 0.15) is 19.3 Å². The van der Waals surface area contributed by atoms with Gasteiger partial charge >= 0.3 is 0 Å². The largest absolute Gasteiger partial charge is 0.356 e. The third-order valence-corrected chi connectivity index (χ3v) is 3.92. The van der Waals surface area contributed by atoms with Crippen molar-refractivity contribution in [1.82, 2.24) is 10.3 Å². The van der Waals surface area contributed by atoms with Crippen molar-refractivity contribution in [2.75, 3.05) is 24.5 Å². The van der Waals surface area contributed by atoms with Crippen LogP contribution in [0.4, 0.5) is 5.82 Å². The second-order valence-electron chi connectivity index (χ2n) is 5.00. The lowest BCUT2D eigenvalue weighted by Crippen LogP contribution is -2.47. The van der Waals surface area contributed by atoms with Crippen LogP contribution in [0.15, 0.2) is 24.4 Å². The van der Waals surface area contributed by atoms with Gasteiger partial charge in [0.1, 0.15) is 5.82 Å². The lowest BCUT2D eigenvalue weighted by Gasteiger charge is -2.39. The van der Waals surface area contributed by atoms with Gasteiger partial charge in [0.15, 0.2) is 0 Å². The summed E-state index contributed by atoms with van der Waals surface area (Å²) in [6.07, 6.45) is 4.87. The van der Waals surface area contributed by atoms with Crippen LogP contribution in [0.5, 0.6) is 0 Å². The minimum Gasteiger partial charge on any atom is -0.356 e. The summed E-state index contributed by atoms with van der Waals surface area (Å²) in [6, 6.07) is 5.94. The minimum absolute atomic E-state index is 0.157. The topological polar surface area (TPSA) is 45.2 Å². The molecule has 2 fully saturated rings. The highest BCUT2D eigenvalue weighted by molar-refractivity contribution is 5.85. The zero-order valence-corrected chi connectivity index (χ0v) is 9.85. The smallest absolute Gasteiger partial charge is 0.228 e. The highest BCUT2D eigenvalue weighted by Crippen LogP contribution is 2.37. The summed E-state index contributed by atoms with van der Waals surface area (Å²) in [4.78, 5) is 18.6. The zero-order chi connectivity index (χ0) is 11.7. The molecule has 0 aromatic carbocycles. The van der Waals surface area contributed by atoms with Crippen molar-refractivity contribution in [3.05, 3.63) is 24.4 Å². The van der Waals surface area contributed by atoms with E-state index in [2.05, 4.69) is 15.2 Å². The van der Waals surface area contributed by atoms with Crippen molar-refractivity contribution >= 4 is 11.7 Å². The second kappa shape index (κ2) is 4.02. The molecule has 2 aliphatic rings. The van der Waals surface area contributed by atoms with Crippen LogP contribution in [-0.4, -0.2) is 30.5 Å². The summed E-state index contributed by atoms with van der Waals surface area (Å²) >= 11 is 0. The first-order valence-electron chi connectivity index (χ1n) is 6.24. The van der Waals surface area contributed by atoms with E-state index < -0.39 is 0 Å². The van der Waals surface area contributed by atoms with Gasteiger partial charge in [-0.25, -0.2) is 4.98 Å².